The van der Waals surface area contributed by atoms with E-state index in [0.29, 0.717) is 35.7 Å². The second kappa shape index (κ2) is 28.1. The molecular formula is C58H93ClN4O18. The fourth-order valence-electron chi connectivity index (χ4n) is 12.2. The maximum absolute atomic E-state index is 14.6. The largest absolute Gasteiger partial charge is 0.477 e. The van der Waals surface area contributed by atoms with Gasteiger partial charge in [0, 0.05) is 62.2 Å². The summed E-state index contributed by atoms with van der Waals surface area (Å²) in [5.74, 6) is -4.76. The van der Waals surface area contributed by atoms with Crippen molar-refractivity contribution in [2.24, 2.45) is 17.8 Å². The van der Waals surface area contributed by atoms with E-state index >= 15 is 0 Å². The number of esters is 2. The third-order valence-electron chi connectivity index (χ3n) is 17.1. The Morgan fingerprint density at radius 3 is 2.21 bits per heavy atom. The Hall–Kier alpha value is -3.59. The van der Waals surface area contributed by atoms with E-state index in [-0.39, 0.29) is 87.2 Å². The zero-order valence-corrected chi connectivity index (χ0v) is 50.7. The molecule has 6 N–H and O–H groups in total. The number of anilines is 1. The number of halogens is 1. The van der Waals surface area contributed by atoms with Crippen LogP contribution in [0.15, 0.2) is 23.1 Å². The highest BCUT2D eigenvalue weighted by Crippen LogP contribution is 2.42. The van der Waals surface area contributed by atoms with E-state index in [1.807, 2.05) is 49.4 Å². The molecule has 18 atom stereocenters. The molecule has 1 saturated carbocycles. The highest BCUT2D eigenvalue weighted by atomic mass is 35.5. The van der Waals surface area contributed by atoms with Crippen LogP contribution >= 0.6 is 11.6 Å². The molecule has 2 aromatic rings. The number of aromatic carboxylic acids is 1. The molecule has 460 valence electrons. The zero-order valence-electron chi connectivity index (χ0n) is 49.9. The molecule has 0 unspecified atom stereocenters. The number of carboxylic acids is 1. The maximum atomic E-state index is 14.6. The van der Waals surface area contributed by atoms with Crippen LogP contribution in [-0.2, 0) is 52.2 Å². The molecule has 4 aliphatic rings. The molecule has 0 amide bonds. The second-order valence-corrected chi connectivity index (χ2v) is 24.6. The Labute approximate surface area is 481 Å². The number of rotatable bonds is 20. The molecule has 0 bridgehead atoms. The van der Waals surface area contributed by atoms with Gasteiger partial charge in [-0.2, -0.15) is 0 Å². The quantitative estimate of drug-likeness (QED) is 0.0753. The van der Waals surface area contributed by atoms with Gasteiger partial charge in [0.1, 0.15) is 35.1 Å². The van der Waals surface area contributed by atoms with E-state index in [1.165, 1.54) is 20.2 Å². The number of hydrogen-bond donors (Lipinski definition) is 6. The lowest BCUT2D eigenvalue weighted by molar-refractivity contribution is -0.318. The minimum atomic E-state index is -1.87. The average Bonchev–Trinajstić information content (AvgIpc) is 4.44. The first-order chi connectivity index (χ1) is 38.0. The number of aliphatic hydroxyl groups is 4. The van der Waals surface area contributed by atoms with Crippen molar-refractivity contribution in [2.45, 2.75) is 211 Å². The number of nitrogens with one attached hydrogen (secondary N) is 1. The minimum Gasteiger partial charge on any atom is -0.477 e. The summed E-state index contributed by atoms with van der Waals surface area (Å²) in [4.78, 5) is 56.7. The molecule has 23 heteroatoms. The standard InChI is InChI=1S/C58H93ClN4O18/c1-15-44-58(10,72)50(67)35(6)62(13)29-31(2)27-56(8,71)51(81-55-48(66)43(61(11)12)24-32(3)76-55)33(4)49(34(5)54(70)78-44)80-46-28-57(9,73-14)52(36(7)77-46)79-45(64)18-20-74-22-23-75-21-19-60-41-25-38-42(26-40(41)59)63(37-16-17-37)30-39(47(38)65)53(68)69/h25-26,30-37,43-44,46,48-52,55,60,66-67,71-72H,15-24,27-29H2,1-14H3,(H,68,69)/t31-,32-,33+,34-,35-,36+,43+,44-,46+,48-,49+,50-,51-,52+,55+,56-,57-,58-/m1/s1. The summed E-state index contributed by atoms with van der Waals surface area (Å²) in [7, 11) is 7.05. The molecule has 3 aliphatic heterocycles. The van der Waals surface area contributed by atoms with Crippen molar-refractivity contribution in [2.75, 3.05) is 73.1 Å². The van der Waals surface area contributed by atoms with Crippen LogP contribution in [0.25, 0.3) is 10.9 Å². The number of carboxylic acid groups (broad SMARTS) is 1. The van der Waals surface area contributed by atoms with E-state index in [9.17, 15) is 44.7 Å². The fourth-order valence-corrected chi connectivity index (χ4v) is 12.4. The van der Waals surface area contributed by atoms with Gasteiger partial charge in [-0.3, -0.25) is 14.4 Å². The Kier molecular flexibility index (Phi) is 23.1. The van der Waals surface area contributed by atoms with Crippen molar-refractivity contribution >= 4 is 46.1 Å². The third-order valence-corrected chi connectivity index (χ3v) is 17.4. The Morgan fingerprint density at radius 1 is 0.926 bits per heavy atom. The lowest BCUT2D eigenvalue weighted by Gasteiger charge is -2.49. The van der Waals surface area contributed by atoms with Crippen molar-refractivity contribution in [1.29, 1.82) is 0 Å². The van der Waals surface area contributed by atoms with E-state index < -0.39 is 113 Å². The van der Waals surface area contributed by atoms with E-state index in [1.54, 1.807) is 60.6 Å². The number of methoxy groups -OCH3 is 1. The molecule has 4 heterocycles. The number of ether oxygens (including phenoxy) is 9. The van der Waals surface area contributed by atoms with Gasteiger partial charge in [-0.15, -0.1) is 0 Å². The smallest absolute Gasteiger partial charge is 0.341 e. The normalized spacial score (nSPS) is 36.9. The number of aromatic nitrogens is 1. The molecule has 22 nitrogen and oxygen atoms in total. The third kappa shape index (κ3) is 16.0. The number of hydrogen-bond acceptors (Lipinski definition) is 20. The summed E-state index contributed by atoms with van der Waals surface area (Å²) in [6, 6.07) is 2.45. The van der Waals surface area contributed by atoms with Gasteiger partial charge in [-0.25, -0.2) is 4.79 Å². The number of fused-ring (bicyclic) bond motifs is 1. The molecule has 0 spiro atoms. The number of nitrogens with zero attached hydrogens (tertiary/aromatic N) is 3. The van der Waals surface area contributed by atoms with Gasteiger partial charge in [0.25, 0.3) is 0 Å². The maximum Gasteiger partial charge on any atom is 0.341 e. The van der Waals surface area contributed by atoms with Gasteiger partial charge in [0.05, 0.1) is 85.0 Å². The van der Waals surface area contributed by atoms with Crippen molar-refractivity contribution in [3.8, 4) is 0 Å². The second-order valence-electron chi connectivity index (χ2n) is 24.2. The molecule has 6 rings (SSSR count). The van der Waals surface area contributed by atoms with Gasteiger partial charge in [-0.1, -0.05) is 32.4 Å². The number of carbonyl (C=O) groups excluding carboxylic acids is 2. The number of pyridine rings is 1. The fraction of sp³-hybridized carbons (Fsp3) is 0.793. The monoisotopic (exact) mass is 1170 g/mol. The van der Waals surface area contributed by atoms with Crippen molar-refractivity contribution < 1.29 is 82.5 Å². The van der Waals surface area contributed by atoms with Crippen LogP contribution in [0.1, 0.15) is 131 Å². The lowest BCUT2D eigenvalue weighted by Crippen LogP contribution is -2.61. The van der Waals surface area contributed by atoms with Crippen LogP contribution in [-0.4, -0.2) is 216 Å². The highest BCUT2D eigenvalue weighted by molar-refractivity contribution is 6.34. The summed E-state index contributed by atoms with van der Waals surface area (Å²) in [6.45, 7) is 18.8. The number of carbonyl (C=O) groups is 3. The average molecular weight is 1170 g/mol. The topological polar surface area (TPSA) is 276 Å². The molecular weight excluding hydrogens is 1080 g/mol. The summed E-state index contributed by atoms with van der Waals surface area (Å²) in [6.07, 6.45) is -6.17. The number of cyclic esters (lactones) is 1. The Balaban J connectivity index is 1.10. The van der Waals surface area contributed by atoms with Crippen LogP contribution in [0.4, 0.5) is 5.69 Å². The van der Waals surface area contributed by atoms with Gasteiger partial charge in [0.2, 0.25) is 5.43 Å². The summed E-state index contributed by atoms with van der Waals surface area (Å²) in [5.41, 5.74) is -4.52. The molecule has 4 fully saturated rings. The predicted octanol–water partition coefficient (Wildman–Crippen LogP) is 4.99. The van der Waals surface area contributed by atoms with E-state index in [4.69, 9.17) is 54.2 Å². The van der Waals surface area contributed by atoms with Crippen molar-refractivity contribution in [1.82, 2.24) is 14.4 Å². The number of benzene rings is 1. The molecule has 1 aromatic heterocycles. The highest BCUT2D eigenvalue weighted by Gasteiger charge is 2.54. The molecule has 81 heavy (non-hydrogen) atoms. The summed E-state index contributed by atoms with van der Waals surface area (Å²) >= 11 is 6.59. The minimum absolute atomic E-state index is 0.0203. The first-order valence-corrected chi connectivity index (χ1v) is 29.1. The van der Waals surface area contributed by atoms with Gasteiger partial charge < -0.3 is 87.8 Å². The van der Waals surface area contributed by atoms with Crippen LogP contribution in [0.3, 0.4) is 0 Å². The first-order valence-electron chi connectivity index (χ1n) is 28.7. The SMILES string of the molecule is CC[C@H]1OC(=O)[C@H](C)[C@@H](O[C@H]2C[C@@](C)(OC)[C@@H](OC(=O)CCOCCOCCNc3cc4c(=O)c(C(=O)O)cn(C5CC5)c4cc3Cl)[C@H](C)O2)[C@H](C)[C@@H](O[C@@H]2O[C@H](C)C[C@H](N(C)C)[C@H]2O)[C@](C)(O)C[C@@H](C)CN(C)[C@H](C)[C@@H](O)[C@]1(C)O. The summed E-state index contributed by atoms with van der Waals surface area (Å²) in [5, 5.41) is 61.6. The molecule has 3 saturated heterocycles. The Morgan fingerprint density at radius 2 is 1.59 bits per heavy atom. The van der Waals surface area contributed by atoms with Gasteiger partial charge in [0.15, 0.2) is 18.7 Å². The van der Waals surface area contributed by atoms with E-state index in [0.717, 1.165) is 12.8 Å². The lowest BCUT2D eigenvalue weighted by atomic mass is 9.77. The molecule has 0 radical (unpaired) electrons. The Bertz CT molecular complexity index is 2490. The van der Waals surface area contributed by atoms with Crippen molar-refractivity contribution in [3.63, 3.8) is 0 Å². The van der Waals surface area contributed by atoms with Crippen LogP contribution < -0.4 is 10.7 Å². The van der Waals surface area contributed by atoms with Crippen LogP contribution in [0.5, 0.6) is 0 Å². The van der Waals surface area contributed by atoms with Gasteiger partial charge >= 0.3 is 17.9 Å². The molecule has 1 aromatic carbocycles. The number of likely N-dealkylation sites (N-methyl/N-ethyl adjacent to an activating group) is 2. The first kappa shape index (κ1) is 66.5. The summed E-state index contributed by atoms with van der Waals surface area (Å²) < 4.78 is 58.0. The van der Waals surface area contributed by atoms with Crippen LogP contribution in [0.2, 0.25) is 5.02 Å². The van der Waals surface area contributed by atoms with Crippen LogP contribution in [0, 0.1) is 17.8 Å². The predicted molar refractivity (Wildman–Crippen MR) is 301 cm³/mol. The van der Waals surface area contributed by atoms with E-state index in [2.05, 4.69) is 5.32 Å². The van der Waals surface area contributed by atoms with Gasteiger partial charge in [-0.05, 0) is 120 Å². The molecule has 1 aliphatic carbocycles. The van der Waals surface area contributed by atoms with Crippen molar-refractivity contribution in [3.05, 3.63) is 39.1 Å². The number of aliphatic hydroxyl groups excluding tert-OH is 2. The zero-order chi connectivity index (χ0) is 60.1.